The van der Waals surface area contributed by atoms with E-state index in [1.807, 2.05) is 0 Å². The van der Waals surface area contributed by atoms with E-state index in [0.717, 1.165) is 23.7 Å². The molecule has 0 spiro atoms. The zero-order valence-electron chi connectivity index (χ0n) is 23.7. The van der Waals surface area contributed by atoms with Crippen LogP contribution in [-0.4, -0.2) is 0 Å². The Bertz CT molecular complexity index is 755. The van der Waals surface area contributed by atoms with E-state index in [0.29, 0.717) is 0 Å². The maximum Gasteiger partial charge on any atom is -0.0162 e. The van der Waals surface area contributed by atoms with Gasteiger partial charge in [-0.1, -0.05) is 101 Å². The molecule has 0 aliphatic heterocycles. The normalized spacial score (nSPS) is 24.6. The van der Waals surface area contributed by atoms with Crippen LogP contribution < -0.4 is 0 Å². The molecule has 4 rings (SSSR count). The number of rotatable bonds is 13. The van der Waals surface area contributed by atoms with Crippen molar-refractivity contribution in [3.63, 3.8) is 0 Å². The molecule has 198 valence electrons. The summed E-state index contributed by atoms with van der Waals surface area (Å²) in [6, 6.07) is 19.4. The highest BCUT2D eigenvalue weighted by molar-refractivity contribution is 5.27. The van der Waals surface area contributed by atoms with Gasteiger partial charge < -0.3 is 0 Å². The maximum atomic E-state index is 2.45. The molecule has 0 aromatic heterocycles. The highest BCUT2D eigenvalue weighted by atomic mass is 14.3. The van der Waals surface area contributed by atoms with E-state index < -0.39 is 0 Å². The smallest absolute Gasteiger partial charge is 0.0162 e. The van der Waals surface area contributed by atoms with Gasteiger partial charge in [-0.2, -0.15) is 0 Å². The lowest BCUT2D eigenvalue weighted by Crippen LogP contribution is -2.17. The molecule has 0 saturated heterocycles. The molecule has 2 fully saturated rings. The molecular weight excluding hydrogens is 432 g/mol. The van der Waals surface area contributed by atoms with Gasteiger partial charge in [0.25, 0.3) is 0 Å². The van der Waals surface area contributed by atoms with Gasteiger partial charge in [0.05, 0.1) is 0 Å². The monoisotopic (exact) mass is 486 g/mol. The highest BCUT2D eigenvalue weighted by Gasteiger charge is 2.26. The zero-order valence-corrected chi connectivity index (χ0v) is 23.7. The molecule has 0 unspecified atom stereocenters. The molecule has 0 heterocycles. The molecule has 0 heteroatoms. The lowest BCUT2D eigenvalue weighted by molar-refractivity contribution is 0.252. The second-order valence-electron chi connectivity index (χ2n) is 12.4. The fourth-order valence-corrected chi connectivity index (χ4v) is 7.11. The third kappa shape index (κ3) is 8.49. The Labute approximate surface area is 223 Å². The molecule has 2 saturated carbocycles. The average Bonchev–Trinajstić information content (AvgIpc) is 2.94. The standard InChI is InChI=1S/C36H54/c1-3-5-7-9-29-13-21-33(22-14-29)35-25-17-31(18-26-35)11-12-32-19-27-36(28-20-32)34-23-15-30(16-24-34)10-8-6-4-2/h13-16,21-24,31-32,35-36H,3-12,17-20,25-28H2,1-2H3. The summed E-state index contributed by atoms with van der Waals surface area (Å²) in [5.41, 5.74) is 6.30. The van der Waals surface area contributed by atoms with Crippen LogP contribution in [0.25, 0.3) is 0 Å². The summed E-state index contributed by atoms with van der Waals surface area (Å²) < 4.78 is 0. The molecule has 2 aliphatic carbocycles. The lowest BCUT2D eigenvalue weighted by Gasteiger charge is -2.32. The van der Waals surface area contributed by atoms with E-state index in [4.69, 9.17) is 0 Å². The molecule has 2 aromatic carbocycles. The van der Waals surface area contributed by atoms with Gasteiger partial charge in [0, 0.05) is 0 Å². The number of hydrogen-bond acceptors (Lipinski definition) is 0. The Balaban J connectivity index is 1.12. The van der Waals surface area contributed by atoms with Crippen molar-refractivity contribution in [2.24, 2.45) is 11.8 Å². The predicted molar refractivity (Wildman–Crippen MR) is 158 cm³/mol. The van der Waals surface area contributed by atoms with Crippen LogP contribution in [0.1, 0.15) is 151 Å². The van der Waals surface area contributed by atoms with Crippen LogP contribution in [0, 0.1) is 11.8 Å². The quantitative estimate of drug-likeness (QED) is 0.247. The first-order chi connectivity index (χ1) is 17.7. The fraction of sp³-hybridized carbons (Fsp3) is 0.667. The number of unbranched alkanes of at least 4 members (excludes halogenated alkanes) is 4. The van der Waals surface area contributed by atoms with Crippen LogP contribution >= 0.6 is 0 Å². The van der Waals surface area contributed by atoms with Crippen molar-refractivity contribution in [2.45, 2.75) is 141 Å². The summed E-state index contributed by atoms with van der Waals surface area (Å²) in [6.07, 6.45) is 25.1. The van der Waals surface area contributed by atoms with Gasteiger partial charge in [-0.25, -0.2) is 0 Å². The minimum Gasteiger partial charge on any atom is -0.0654 e. The van der Waals surface area contributed by atoms with Crippen molar-refractivity contribution >= 4 is 0 Å². The number of aryl methyl sites for hydroxylation is 2. The minimum atomic E-state index is 0.819. The molecule has 0 amide bonds. The van der Waals surface area contributed by atoms with Gasteiger partial charge >= 0.3 is 0 Å². The third-order valence-corrected chi connectivity index (χ3v) is 9.72. The molecule has 36 heavy (non-hydrogen) atoms. The second kappa shape index (κ2) is 15.0. The van der Waals surface area contributed by atoms with E-state index in [-0.39, 0.29) is 0 Å². The Morgan fingerprint density at radius 2 is 0.833 bits per heavy atom. The van der Waals surface area contributed by atoms with Gasteiger partial charge in [0.1, 0.15) is 0 Å². The lowest BCUT2D eigenvalue weighted by atomic mass is 9.73. The van der Waals surface area contributed by atoms with E-state index in [1.54, 1.807) is 11.1 Å². The van der Waals surface area contributed by atoms with Crippen molar-refractivity contribution in [3.05, 3.63) is 70.8 Å². The summed E-state index contributed by atoms with van der Waals surface area (Å²) in [7, 11) is 0. The summed E-state index contributed by atoms with van der Waals surface area (Å²) in [4.78, 5) is 0. The molecule has 0 nitrogen and oxygen atoms in total. The maximum absolute atomic E-state index is 2.45. The molecule has 0 radical (unpaired) electrons. The molecule has 0 N–H and O–H groups in total. The van der Waals surface area contributed by atoms with Crippen molar-refractivity contribution in [3.8, 4) is 0 Å². The van der Waals surface area contributed by atoms with Crippen LogP contribution in [0.15, 0.2) is 48.5 Å². The molecular formula is C36H54. The van der Waals surface area contributed by atoms with Crippen LogP contribution in [0.4, 0.5) is 0 Å². The van der Waals surface area contributed by atoms with E-state index in [2.05, 4.69) is 62.4 Å². The van der Waals surface area contributed by atoms with Crippen LogP contribution in [0.2, 0.25) is 0 Å². The first-order valence-corrected chi connectivity index (χ1v) is 15.9. The minimum absolute atomic E-state index is 0.819. The Kier molecular flexibility index (Phi) is 11.4. The second-order valence-corrected chi connectivity index (χ2v) is 12.4. The van der Waals surface area contributed by atoms with Crippen LogP contribution in [-0.2, 0) is 12.8 Å². The van der Waals surface area contributed by atoms with Gasteiger partial charge in [-0.05, 0) is 123 Å². The van der Waals surface area contributed by atoms with Gasteiger partial charge in [-0.3, -0.25) is 0 Å². The van der Waals surface area contributed by atoms with Gasteiger partial charge in [0.2, 0.25) is 0 Å². The van der Waals surface area contributed by atoms with Crippen molar-refractivity contribution in [1.29, 1.82) is 0 Å². The fourth-order valence-electron chi connectivity index (χ4n) is 7.11. The SMILES string of the molecule is CCCCCc1ccc(C2CCC(CCC3CCC(c4ccc(CCCCC)cc4)CC3)CC2)cc1. The summed E-state index contributed by atoms with van der Waals surface area (Å²) >= 11 is 0. The number of hydrogen-bond donors (Lipinski definition) is 0. The van der Waals surface area contributed by atoms with Gasteiger partial charge in [-0.15, -0.1) is 0 Å². The average molecular weight is 487 g/mol. The predicted octanol–water partition coefficient (Wildman–Crippen LogP) is 11.2. The Hall–Kier alpha value is -1.56. The molecule has 2 aliphatic rings. The van der Waals surface area contributed by atoms with Gasteiger partial charge in [0.15, 0.2) is 0 Å². The van der Waals surface area contributed by atoms with Crippen LogP contribution in [0.3, 0.4) is 0 Å². The summed E-state index contributed by atoms with van der Waals surface area (Å²) in [5, 5.41) is 0. The highest BCUT2D eigenvalue weighted by Crippen LogP contribution is 2.41. The van der Waals surface area contributed by atoms with Crippen molar-refractivity contribution in [1.82, 2.24) is 0 Å². The third-order valence-electron chi connectivity index (χ3n) is 9.72. The number of benzene rings is 2. The first-order valence-electron chi connectivity index (χ1n) is 15.9. The topological polar surface area (TPSA) is 0 Å². The molecule has 0 bridgehead atoms. The largest absolute Gasteiger partial charge is 0.0654 e. The van der Waals surface area contributed by atoms with E-state index in [9.17, 15) is 0 Å². The zero-order chi connectivity index (χ0) is 25.0. The summed E-state index contributed by atoms with van der Waals surface area (Å²) in [5.74, 6) is 3.62. The van der Waals surface area contributed by atoms with E-state index >= 15 is 0 Å². The van der Waals surface area contributed by atoms with E-state index in [1.165, 1.54) is 127 Å². The van der Waals surface area contributed by atoms with Crippen LogP contribution in [0.5, 0.6) is 0 Å². The van der Waals surface area contributed by atoms with Crippen molar-refractivity contribution < 1.29 is 0 Å². The van der Waals surface area contributed by atoms with Crippen molar-refractivity contribution in [2.75, 3.05) is 0 Å². The molecule has 2 aromatic rings. The Morgan fingerprint density at radius 3 is 1.17 bits per heavy atom. The summed E-state index contributed by atoms with van der Waals surface area (Å²) in [6.45, 7) is 4.58. The Morgan fingerprint density at radius 1 is 0.472 bits per heavy atom. The molecule has 0 atom stereocenters. The first kappa shape index (κ1) is 27.5.